The zero-order valence-electron chi connectivity index (χ0n) is 5.90. The molecule has 5 nitrogen and oxygen atoms in total. The summed E-state index contributed by atoms with van der Waals surface area (Å²) in [5.41, 5.74) is 13.3. The number of halogens is 1. The number of ether oxygens (including phenoxy) is 1. The Balaban J connectivity index is 3.01. The normalized spacial score (nSPS) is 21.9. The summed E-state index contributed by atoms with van der Waals surface area (Å²) in [6, 6.07) is 0. The summed E-state index contributed by atoms with van der Waals surface area (Å²) in [4.78, 5) is 10.7. The highest BCUT2D eigenvalue weighted by atomic mass is 35.5. The summed E-state index contributed by atoms with van der Waals surface area (Å²) in [7, 11) is 0. The van der Waals surface area contributed by atoms with E-state index in [1.54, 1.807) is 0 Å². The van der Waals surface area contributed by atoms with Crippen LogP contribution in [0.1, 0.15) is 0 Å². The zero-order chi connectivity index (χ0) is 9.14. The van der Waals surface area contributed by atoms with E-state index in [9.17, 15) is 4.79 Å². The predicted octanol–water partition coefficient (Wildman–Crippen LogP) is 0.0869. The second kappa shape index (κ2) is 3.36. The molecular formula is C6H5ClN3O2. The highest BCUT2D eigenvalue weighted by molar-refractivity contribution is 6.31. The fourth-order valence-corrected chi connectivity index (χ4v) is 0.943. The third-order valence-electron chi connectivity index (χ3n) is 1.29. The highest BCUT2D eigenvalue weighted by Gasteiger charge is 2.26. The quantitative estimate of drug-likeness (QED) is 0.620. The van der Waals surface area contributed by atoms with Crippen LogP contribution in [-0.4, -0.2) is 12.0 Å². The van der Waals surface area contributed by atoms with Crippen molar-refractivity contribution in [3.05, 3.63) is 23.1 Å². The Kier molecular flexibility index (Phi) is 2.44. The summed E-state index contributed by atoms with van der Waals surface area (Å²) < 4.78 is 4.76. The average Bonchev–Trinajstić information content (AvgIpc) is 2.03. The number of allylic oxidation sites excluding steroid dienone is 2. The molecule has 0 fully saturated rings. The van der Waals surface area contributed by atoms with Crippen molar-refractivity contribution < 1.29 is 9.53 Å². The van der Waals surface area contributed by atoms with E-state index >= 15 is 0 Å². The van der Waals surface area contributed by atoms with E-state index in [0.717, 1.165) is 0 Å². The van der Waals surface area contributed by atoms with Crippen molar-refractivity contribution in [2.45, 2.75) is 6.10 Å². The standard InChI is InChI=1S/C6H5ClN3O2/c7-3-1-2-12-5(6(8)11)4(3)10-9/h1-2,5H,(H2,8,11). The van der Waals surface area contributed by atoms with Gasteiger partial charge < -0.3 is 10.5 Å². The SMILES string of the molecule is [N]=NC1=C(Cl)C=COC1C(N)=O. The molecule has 0 aromatic heterocycles. The minimum atomic E-state index is -1.10. The Morgan fingerprint density at radius 2 is 2.50 bits per heavy atom. The van der Waals surface area contributed by atoms with E-state index in [2.05, 4.69) is 5.11 Å². The van der Waals surface area contributed by atoms with Crippen LogP contribution < -0.4 is 11.3 Å². The smallest absolute Gasteiger partial charge is 0.264 e. The first-order valence-corrected chi connectivity index (χ1v) is 3.40. The summed E-state index contributed by atoms with van der Waals surface area (Å²) in [5, 5.41) is 2.93. The van der Waals surface area contributed by atoms with Gasteiger partial charge in [-0.2, -0.15) is 0 Å². The van der Waals surface area contributed by atoms with Crippen LogP contribution >= 0.6 is 11.6 Å². The van der Waals surface area contributed by atoms with Crippen molar-refractivity contribution in [1.82, 2.24) is 5.53 Å². The van der Waals surface area contributed by atoms with Crippen molar-refractivity contribution in [2.24, 2.45) is 10.8 Å². The lowest BCUT2D eigenvalue weighted by molar-refractivity contribution is -0.124. The lowest BCUT2D eigenvalue weighted by Gasteiger charge is -2.16. The molecule has 6 heteroatoms. The van der Waals surface area contributed by atoms with E-state index in [1.807, 2.05) is 0 Å². The van der Waals surface area contributed by atoms with Crippen LogP contribution in [0.15, 0.2) is 28.2 Å². The first kappa shape index (κ1) is 8.73. The maximum absolute atomic E-state index is 10.7. The first-order valence-electron chi connectivity index (χ1n) is 3.03. The number of rotatable bonds is 2. The van der Waals surface area contributed by atoms with Crippen LogP contribution in [0.25, 0.3) is 0 Å². The third-order valence-corrected chi connectivity index (χ3v) is 1.61. The van der Waals surface area contributed by atoms with Gasteiger partial charge in [0.1, 0.15) is 5.70 Å². The molecule has 0 bridgehead atoms. The van der Waals surface area contributed by atoms with Gasteiger partial charge in [-0.05, 0) is 11.6 Å². The fraction of sp³-hybridized carbons (Fsp3) is 0.167. The largest absolute Gasteiger partial charge is 0.482 e. The molecule has 12 heavy (non-hydrogen) atoms. The van der Waals surface area contributed by atoms with Crippen molar-refractivity contribution in [1.29, 1.82) is 0 Å². The van der Waals surface area contributed by atoms with E-state index in [0.29, 0.717) is 0 Å². The maximum atomic E-state index is 10.7. The maximum Gasteiger partial charge on any atom is 0.264 e. The van der Waals surface area contributed by atoms with Crippen LogP contribution in [-0.2, 0) is 9.53 Å². The molecule has 0 saturated carbocycles. The monoisotopic (exact) mass is 186 g/mol. The Morgan fingerprint density at radius 3 is 2.92 bits per heavy atom. The molecule has 1 unspecified atom stereocenters. The summed E-state index contributed by atoms with van der Waals surface area (Å²) in [6.45, 7) is 0. The molecule has 1 amide bonds. The molecule has 0 aliphatic carbocycles. The molecule has 0 spiro atoms. The lowest BCUT2D eigenvalue weighted by Crippen LogP contribution is -2.32. The molecule has 1 aliphatic rings. The Labute approximate surface area is 73.3 Å². The number of nitrogens with zero attached hydrogens (tertiary/aromatic N) is 2. The molecule has 1 atom stereocenters. The number of carbonyl (C=O) groups excluding carboxylic acids is 1. The summed E-state index contributed by atoms with van der Waals surface area (Å²) in [5.74, 6) is -0.759. The topological polar surface area (TPSA) is 87.0 Å². The molecule has 0 aromatic rings. The van der Waals surface area contributed by atoms with Crippen LogP contribution in [0.4, 0.5) is 0 Å². The number of primary amides is 1. The average molecular weight is 187 g/mol. The second-order valence-electron chi connectivity index (χ2n) is 2.05. The van der Waals surface area contributed by atoms with Gasteiger partial charge >= 0.3 is 0 Å². The van der Waals surface area contributed by atoms with Crippen LogP contribution in [0, 0.1) is 0 Å². The minimum absolute atomic E-state index is 0.0772. The van der Waals surface area contributed by atoms with Gasteiger partial charge in [-0.15, -0.1) is 5.11 Å². The Morgan fingerprint density at radius 1 is 1.83 bits per heavy atom. The van der Waals surface area contributed by atoms with Gasteiger partial charge in [0.25, 0.3) is 5.91 Å². The van der Waals surface area contributed by atoms with E-state index in [1.165, 1.54) is 12.3 Å². The number of hydrogen-bond donors (Lipinski definition) is 1. The third kappa shape index (κ3) is 1.45. The predicted molar refractivity (Wildman–Crippen MR) is 40.6 cm³/mol. The molecule has 1 aliphatic heterocycles. The summed E-state index contributed by atoms with van der Waals surface area (Å²) in [6.07, 6.45) is 1.47. The summed E-state index contributed by atoms with van der Waals surface area (Å²) >= 11 is 5.57. The van der Waals surface area contributed by atoms with Gasteiger partial charge in [-0.3, -0.25) is 4.79 Å². The van der Waals surface area contributed by atoms with Gasteiger partial charge in [0.05, 0.1) is 11.3 Å². The van der Waals surface area contributed by atoms with E-state index < -0.39 is 12.0 Å². The highest BCUT2D eigenvalue weighted by Crippen LogP contribution is 2.22. The van der Waals surface area contributed by atoms with Gasteiger partial charge in [0, 0.05) is 0 Å². The molecule has 1 radical (unpaired) electrons. The molecule has 1 rings (SSSR count). The molecule has 2 N–H and O–H groups in total. The van der Waals surface area contributed by atoms with E-state index in [4.69, 9.17) is 27.6 Å². The van der Waals surface area contributed by atoms with Gasteiger partial charge in [0.15, 0.2) is 0 Å². The molecule has 1 heterocycles. The Hall–Kier alpha value is -1.36. The van der Waals surface area contributed by atoms with Crippen LogP contribution in [0.2, 0.25) is 0 Å². The molecule has 0 aromatic carbocycles. The first-order chi connectivity index (χ1) is 5.66. The molecule has 63 valence electrons. The minimum Gasteiger partial charge on any atom is -0.482 e. The van der Waals surface area contributed by atoms with Crippen LogP contribution in [0.3, 0.4) is 0 Å². The number of nitrogens with two attached hydrogens (primary N) is 1. The second-order valence-corrected chi connectivity index (χ2v) is 2.46. The van der Waals surface area contributed by atoms with Gasteiger partial charge in [0.2, 0.25) is 6.10 Å². The van der Waals surface area contributed by atoms with Crippen molar-refractivity contribution >= 4 is 17.5 Å². The fourth-order valence-electron chi connectivity index (χ4n) is 0.755. The number of amides is 1. The van der Waals surface area contributed by atoms with Crippen molar-refractivity contribution in [2.75, 3.05) is 0 Å². The number of hydrogen-bond acceptors (Lipinski definition) is 3. The lowest BCUT2D eigenvalue weighted by atomic mass is 10.2. The van der Waals surface area contributed by atoms with Gasteiger partial charge in [-0.1, -0.05) is 11.6 Å². The number of carbonyl (C=O) groups is 1. The van der Waals surface area contributed by atoms with Crippen LogP contribution in [0.5, 0.6) is 0 Å². The Bertz CT molecular complexity index is 285. The zero-order valence-corrected chi connectivity index (χ0v) is 6.65. The van der Waals surface area contributed by atoms with Crippen molar-refractivity contribution in [3.8, 4) is 0 Å². The van der Waals surface area contributed by atoms with Crippen molar-refractivity contribution in [3.63, 3.8) is 0 Å². The van der Waals surface area contributed by atoms with Gasteiger partial charge in [-0.25, -0.2) is 0 Å². The van der Waals surface area contributed by atoms with E-state index in [-0.39, 0.29) is 10.7 Å². The molecular weight excluding hydrogens is 182 g/mol. The molecule has 0 saturated heterocycles.